The van der Waals surface area contributed by atoms with Crippen molar-refractivity contribution < 1.29 is 0 Å². The van der Waals surface area contributed by atoms with Gasteiger partial charge in [0.15, 0.2) is 0 Å². The van der Waals surface area contributed by atoms with Gasteiger partial charge in [0.05, 0.1) is 15.2 Å². The summed E-state index contributed by atoms with van der Waals surface area (Å²) in [5.41, 5.74) is 1.90. The van der Waals surface area contributed by atoms with E-state index >= 15 is 0 Å². The molecule has 2 nitrogen and oxygen atoms in total. The highest BCUT2D eigenvalue weighted by Crippen LogP contribution is 2.37. The average molecular weight is 360 g/mol. The van der Waals surface area contributed by atoms with Gasteiger partial charge in [-0.25, -0.2) is 9.97 Å². The number of aromatic nitrogens is 2. The lowest BCUT2D eigenvalue weighted by Gasteiger charge is -1.99. The van der Waals surface area contributed by atoms with E-state index in [1.165, 1.54) is 6.33 Å². The lowest BCUT2D eigenvalue weighted by atomic mass is 10.2. The molecule has 0 unspecified atom stereocenters. The molecule has 0 spiro atoms. The van der Waals surface area contributed by atoms with Gasteiger partial charge in [-0.15, -0.1) is 11.3 Å². The quantitative estimate of drug-likeness (QED) is 0.541. The monoisotopic (exact) mass is 358 g/mol. The second-order valence-electron chi connectivity index (χ2n) is 3.62. The zero-order valence-corrected chi connectivity index (χ0v) is 12.7. The minimum absolute atomic E-state index is 0.486. The van der Waals surface area contributed by atoms with Crippen LogP contribution in [0.2, 0.25) is 10.2 Å². The third kappa shape index (κ3) is 2.14. The molecule has 2 heterocycles. The van der Waals surface area contributed by atoms with Crippen LogP contribution < -0.4 is 0 Å². The fourth-order valence-electron chi connectivity index (χ4n) is 1.62. The molecule has 0 aliphatic rings. The number of benzene rings is 1. The maximum atomic E-state index is 6.10. The lowest BCUT2D eigenvalue weighted by molar-refractivity contribution is 1.23. The summed E-state index contributed by atoms with van der Waals surface area (Å²) in [7, 11) is 0. The van der Waals surface area contributed by atoms with E-state index in [-0.39, 0.29) is 0 Å². The Kier molecular flexibility index (Phi) is 3.28. The number of fused-ring (bicyclic) bond motifs is 1. The summed E-state index contributed by atoms with van der Waals surface area (Å²) in [5, 5.41) is 1.17. The standard InChI is InChI=1S/C12H5BrCl2N2S/c13-7-2-1-6(3-8(7)14)10-4-9-11(18-10)12(15)17-5-16-9/h1-5H. The van der Waals surface area contributed by atoms with Gasteiger partial charge in [-0.05, 0) is 39.7 Å². The van der Waals surface area contributed by atoms with Gasteiger partial charge in [-0.1, -0.05) is 29.3 Å². The molecule has 0 saturated heterocycles. The van der Waals surface area contributed by atoms with E-state index in [0.29, 0.717) is 10.2 Å². The molecule has 1 aromatic carbocycles. The first kappa shape index (κ1) is 12.4. The Hall–Kier alpha value is -0.680. The molecule has 0 radical (unpaired) electrons. The Bertz CT molecular complexity index is 742. The molecule has 6 heteroatoms. The second kappa shape index (κ2) is 4.78. The fraction of sp³-hybridized carbons (Fsp3) is 0. The minimum atomic E-state index is 0.486. The molecule has 0 atom stereocenters. The highest BCUT2D eigenvalue weighted by molar-refractivity contribution is 9.10. The van der Waals surface area contributed by atoms with Crippen LogP contribution in [0, 0.1) is 0 Å². The molecule has 0 N–H and O–H groups in total. The van der Waals surface area contributed by atoms with Gasteiger partial charge in [0, 0.05) is 9.35 Å². The summed E-state index contributed by atoms with van der Waals surface area (Å²) in [6, 6.07) is 7.84. The van der Waals surface area contributed by atoms with Crippen molar-refractivity contribution in [1.29, 1.82) is 0 Å². The third-order valence-electron chi connectivity index (χ3n) is 2.47. The molecular weight excluding hydrogens is 355 g/mol. The Morgan fingerprint density at radius 2 is 1.94 bits per heavy atom. The minimum Gasteiger partial charge on any atom is -0.235 e. The van der Waals surface area contributed by atoms with Crippen LogP contribution in [0.5, 0.6) is 0 Å². The predicted molar refractivity (Wildman–Crippen MR) is 80.6 cm³/mol. The van der Waals surface area contributed by atoms with E-state index in [1.807, 2.05) is 24.3 Å². The van der Waals surface area contributed by atoms with Gasteiger partial charge in [0.1, 0.15) is 11.5 Å². The van der Waals surface area contributed by atoms with Crippen molar-refractivity contribution in [2.45, 2.75) is 0 Å². The Morgan fingerprint density at radius 1 is 1.11 bits per heavy atom. The Balaban J connectivity index is 2.19. The molecule has 0 amide bonds. The van der Waals surface area contributed by atoms with Crippen LogP contribution in [0.4, 0.5) is 0 Å². The molecule has 18 heavy (non-hydrogen) atoms. The molecule has 0 aliphatic carbocycles. The molecule has 3 rings (SSSR count). The maximum absolute atomic E-state index is 6.10. The van der Waals surface area contributed by atoms with Gasteiger partial charge in [0.25, 0.3) is 0 Å². The van der Waals surface area contributed by atoms with E-state index in [9.17, 15) is 0 Å². The smallest absolute Gasteiger partial charge is 0.150 e. The van der Waals surface area contributed by atoms with Gasteiger partial charge >= 0.3 is 0 Å². The van der Waals surface area contributed by atoms with Crippen molar-refractivity contribution in [3.63, 3.8) is 0 Å². The third-order valence-corrected chi connectivity index (χ3v) is 5.28. The molecule has 0 saturated carbocycles. The summed E-state index contributed by atoms with van der Waals surface area (Å²) in [6.45, 7) is 0. The molecule has 0 bridgehead atoms. The SMILES string of the molecule is Clc1cc(-c2cc3ncnc(Cl)c3s2)ccc1Br. The van der Waals surface area contributed by atoms with Crippen LogP contribution in [-0.2, 0) is 0 Å². The van der Waals surface area contributed by atoms with Crippen molar-refractivity contribution in [2.75, 3.05) is 0 Å². The van der Waals surface area contributed by atoms with Crippen LogP contribution >= 0.6 is 50.5 Å². The second-order valence-corrected chi connectivity index (χ2v) is 6.29. The topological polar surface area (TPSA) is 25.8 Å². The van der Waals surface area contributed by atoms with E-state index in [2.05, 4.69) is 25.9 Å². The lowest BCUT2D eigenvalue weighted by Crippen LogP contribution is -1.76. The number of hydrogen-bond acceptors (Lipinski definition) is 3. The summed E-state index contributed by atoms with van der Waals surface area (Å²) >= 11 is 17.1. The Morgan fingerprint density at radius 3 is 2.67 bits per heavy atom. The molecule has 2 aromatic heterocycles. The molecule has 3 aromatic rings. The van der Waals surface area contributed by atoms with Crippen LogP contribution in [-0.4, -0.2) is 9.97 Å². The van der Waals surface area contributed by atoms with E-state index in [0.717, 1.165) is 25.1 Å². The van der Waals surface area contributed by atoms with Crippen molar-refractivity contribution in [3.8, 4) is 10.4 Å². The maximum Gasteiger partial charge on any atom is 0.150 e. The number of halogens is 3. The summed E-state index contributed by atoms with van der Waals surface area (Å²) < 4.78 is 1.78. The molecule has 0 fully saturated rings. The van der Waals surface area contributed by atoms with Crippen molar-refractivity contribution in [1.82, 2.24) is 9.97 Å². The average Bonchev–Trinajstić information content (AvgIpc) is 2.78. The molecule has 90 valence electrons. The van der Waals surface area contributed by atoms with E-state index in [4.69, 9.17) is 23.2 Å². The zero-order valence-electron chi connectivity index (χ0n) is 8.82. The van der Waals surface area contributed by atoms with Crippen LogP contribution in [0.15, 0.2) is 35.1 Å². The number of nitrogens with zero attached hydrogens (tertiary/aromatic N) is 2. The van der Waals surface area contributed by atoms with Gasteiger partial charge < -0.3 is 0 Å². The Labute approximate surface area is 126 Å². The first-order chi connectivity index (χ1) is 8.65. The highest BCUT2D eigenvalue weighted by atomic mass is 79.9. The summed E-state index contributed by atoms with van der Waals surface area (Å²) in [4.78, 5) is 9.25. The number of rotatable bonds is 1. The van der Waals surface area contributed by atoms with E-state index < -0.39 is 0 Å². The predicted octanol–water partition coefficient (Wildman–Crippen LogP) is 5.43. The highest BCUT2D eigenvalue weighted by Gasteiger charge is 2.09. The molecule has 0 aliphatic heterocycles. The van der Waals surface area contributed by atoms with Gasteiger partial charge in [0.2, 0.25) is 0 Å². The summed E-state index contributed by atoms with van der Waals surface area (Å²) in [6.07, 6.45) is 1.47. The number of hydrogen-bond donors (Lipinski definition) is 0. The van der Waals surface area contributed by atoms with Gasteiger partial charge in [-0.2, -0.15) is 0 Å². The first-order valence-electron chi connectivity index (χ1n) is 5.00. The van der Waals surface area contributed by atoms with Crippen molar-refractivity contribution >= 4 is 60.7 Å². The van der Waals surface area contributed by atoms with Gasteiger partial charge in [-0.3, -0.25) is 0 Å². The molecular formula is C12H5BrCl2N2S. The van der Waals surface area contributed by atoms with Crippen LogP contribution in [0.25, 0.3) is 20.7 Å². The van der Waals surface area contributed by atoms with Crippen molar-refractivity contribution in [2.24, 2.45) is 0 Å². The van der Waals surface area contributed by atoms with Crippen LogP contribution in [0.1, 0.15) is 0 Å². The largest absolute Gasteiger partial charge is 0.235 e. The van der Waals surface area contributed by atoms with Crippen molar-refractivity contribution in [3.05, 3.63) is 45.2 Å². The fourth-order valence-corrected chi connectivity index (χ4v) is 3.29. The first-order valence-corrected chi connectivity index (χ1v) is 7.37. The normalized spacial score (nSPS) is 11.1. The van der Waals surface area contributed by atoms with E-state index in [1.54, 1.807) is 11.3 Å². The number of thiophene rings is 1. The summed E-state index contributed by atoms with van der Waals surface area (Å²) in [5.74, 6) is 0. The zero-order chi connectivity index (χ0) is 12.7. The van der Waals surface area contributed by atoms with Crippen LogP contribution in [0.3, 0.4) is 0 Å².